The third-order valence-corrected chi connectivity index (χ3v) is 2.65. The van der Waals surface area contributed by atoms with Gasteiger partial charge in [-0.1, -0.05) is 6.07 Å². The SMILES string of the molecule is CCOC(=O)C(C)N(C)Cc1cccc(C)n1. The van der Waals surface area contributed by atoms with E-state index in [1.165, 1.54) is 0 Å². The van der Waals surface area contributed by atoms with Crippen LogP contribution in [0.4, 0.5) is 0 Å². The fourth-order valence-corrected chi connectivity index (χ4v) is 1.52. The van der Waals surface area contributed by atoms with Crippen LogP contribution in [0.5, 0.6) is 0 Å². The predicted octanol–water partition coefficient (Wildman–Crippen LogP) is 1.77. The third kappa shape index (κ3) is 4.15. The Kier molecular flexibility index (Phi) is 5.10. The zero-order valence-electron chi connectivity index (χ0n) is 10.9. The van der Waals surface area contributed by atoms with E-state index in [2.05, 4.69) is 4.98 Å². The molecule has 1 aromatic rings. The summed E-state index contributed by atoms with van der Waals surface area (Å²) in [6.07, 6.45) is 0. The molecular formula is C13H20N2O2. The first kappa shape index (κ1) is 13.6. The van der Waals surface area contributed by atoms with Crippen molar-refractivity contribution in [1.29, 1.82) is 0 Å². The van der Waals surface area contributed by atoms with Crippen molar-refractivity contribution in [3.05, 3.63) is 29.6 Å². The number of carbonyl (C=O) groups excluding carboxylic acids is 1. The van der Waals surface area contributed by atoms with E-state index >= 15 is 0 Å². The van der Waals surface area contributed by atoms with Crippen molar-refractivity contribution in [2.45, 2.75) is 33.4 Å². The molecule has 0 spiro atoms. The van der Waals surface area contributed by atoms with E-state index in [4.69, 9.17) is 4.74 Å². The van der Waals surface area contributed by atoms with Crippen LogP contribution in [0, 0.1) is 6.92 Å². The molecule has 1 aromatic heterocycles. The van der Waals surface area contributed by atoms with E-state index in [0.717, 1.165) is 11.4 Å². The van der Waals surface area contributed by atoms with E-state index < -0.39 is 0 Å². The van der Waals surface area contributed by atoms with Crippen LogP contribution in [0.1, 0.15) is 25.2 Å². The standard InChI is InChI=1S/C13H20N2O2/c1-5-17-13(16)11(3)15(4)9-12-8-6-7-10(2)14-12/h6-8,11H,5,9H2,1-4H3. The zero-order chi connectivity index (χ0) is 12.8. The van der Waals surface area contributed by atoms with E-state index in [1.807, 2.05) is 50.9 Å². The van der Waals surface area contributed by atoms with Crippen molar-refractivity contribution in [3.63, 3.8) is 0 Å². The Morgan fingerprint density at radius 3 is 2.82 bits per heavy atom. The Morgan fingerprint density at radius 2 is 2.24 bits per heavy atom. The molecule has 1 rings (SSSR count). The van der Waals surface area contributed by atoms with Gasteiger partial charge in [0.2, 0.25) is 0 Å². The maximum absolute atomic E-state index is 11.6. The molecule has 0 amide bonds. The van der Waals surface area contributed by atoms with E-state index in [-0.39, 0.29) is 12.0 Å². The number of rotatable bonds is 5. The molecule has 0 aliphatic rings. The van der Waals surface area contributed by atoms with E-state index in [1.54, 1.807) is 0 Å². The molecule has 0 aliphatic heterocycles. The van der Waals surface area contributed by atoms with Crippen LogP contribution in [-0.4, -0.2) is 35.5 Å². The van der Waals surface area contributed by atoms with Crippen LogP contribution >= 0.6 is 0 Å². The van der Waals surface area contributed by atoms with Gasteiger partial charge in [-0.3, -0.25) is 14.7 Å². The highest BCUT2D eigenvalue weighted by molar-refractivity contribution is 5.75. The molecule has 0 N–H and O–H groups in total. The summed E-state index contributed by atoms with van der Waals surface area (Å²) in [6.45, 7) is 6.67. The van der Waals surface area contributed by atoms with Crippen molar-refractivity contribution in [1.82, 2.24) is 9.88 Å². The zero-order valence-corrected chi connectivity index (χ0v) is 10.9. The molecule has 0 saturated heterocycles. The first-order chi connectivity index (χ1) is 8.04. The summed E-state index contributed by atoms with van der Waals surface area (Å²) in [5, 5.41) is 0. The molecule has 1 atom stereocenters. The van der Waals surface area contributed by atoms with Gasteiger partial charge in [-0.05, 0) is 40.0 Å². The molecule has 1 heterocycles. The summed E-state index contributed by atoms with van der Waals surface area (Å²) < 4.78 is 4.99. The molecule has 0 bridgehead atoms. The minimum Gasteiger partial charge on any atom is -0.465 e. The van der Waals surface area contributed by atoms with Crippen molar-refractivity contribution < 1.29 is 9.53 Å². The molecule has 0 aliphatic carbocycles. The number of ether oxygens (including phenoxy) is 1. The van der Waals surface area contributed by atoms with Crippen LogP contribution < -0.4 is 0 Å². The summed E-state index contributed by atoms with van der Waals surface area (Å²) in [6, 6.07) is 5.64. The number of likely N-dealkylation sites (N-methyl/N-ethyl adjacent to an activating group) is 1. The van der Waals surface area contributed by atoms with Crippen molar-refractivity contribution in [3.8, 4) is 0 Å². The number of aromatic nitrogens is 1. The van der Waals surface area contributed by atoms with Gasteiger partial charge < -0.3 is 4.74 Å². The lowest BCUT2D eigenvalue weighted by Gasteiger charge is -2.22. The largest absolute Gasteiger partial charge is 0.465 e. The quantitative estimate of drug-likeness (QED) is 0.731. The van der Waals surface area contributed by atoms with Gasteiger partial charge in [0.05, 0.1) is 12.3 Å². The maximum atomic E-state index is 11.6. The number of hydrogen-bond donors (Lipinski definition) is 0. The number of carbonyl (C=O) groups is 1. The summed E-state index contributed by atoms with van der Waals surface area (Å²) >= 11 is 0. The highest BCUT2D eigenvalue weighted by Crippen LogP contribution is 2.06. The van der Waals surface area contributed by atoms with Gasteiger partial charge in [0.1, 0.15) is 6.04 Å². The van der Waals surface area contributed by atoms with Crippen LogP contribution in [0.3, 0.4) is 0 Å². The van der Waals surface area contributed by atoms with Gasteiger partial charge >= 0.3 is 5.97 Å². The number of esters is 1. The van der Waals surface area contributed by atoms with E-state index in [9.17, 15) is 4.79 Å². The van der Waals surface area contributed by atoms with Gasteiger partial charge in [0.15, 0.2) is 0 Å². The highest BCUT2D eigenvalue weighted by atomic mass is 16.5. The summed E-state index contributed by atoms with van der Waals surface area (Å²) in [4.78, 5) is 17.9. The van der Waals surface area contributed by atoms with Crippen LogP contribution in [0.25, 0.3) is 0 Å². The molecule has 0 radical (unpaired) electrons. The average Bonchev–Trinajstić information content (AvgIpc) is 2.28. The highest BCUT2D eigenvalue weighted by Gasteiger charge is 2.19. The monoisotopic (exact) mass is 236 g/mol. The predicted molar refractivity (Wildman–Crippen MR) is 66.5 cm³/mol. The lowest BCUT2D eigenvalue weighted by molar-refractivity contribution is -0.148. The second-order valence-corrected chi connectivity index (χ2v) is 4.11. The third-order valence-electron chi connectivity index (χ3n) is 2.65. The van der Waals surface area contributed by atoms with Gasteiger partial charge in [-0.15, -0.1) is 0 Å². The van der Waals surface area contributed by atoms with Crippen molar-refractivity contribution >= 4 is 5.97 Å². The van der Waals surface area contributed by atoms with Crippen LogP contribution in [0.15, 0.2) is 18.2 Å². The molecule has 4 heteroatoms. The molecule has 1 unspecified atom stereocenters. The first-order valence-electron chi connectivity index (χ1n) is 5.84. The maximum Gasteiger partial charge on any atom is 0.323 e. The molecule has 0 fully saturated rings. The Hall–Kier alpha value is -1.42. The molecule has 17 heavy (non-hydrogen) atoms. The lowest BCUT2D eigenvalue weighted by atomic mass is 10.2. The Morgan fingerprint density at radius 1 is 1.53 bits per heavy atom. The van der Waals surface area contributed by atoms with Gasteiger partial charge in [0, 0.05) is 12.2 Å². The summed E-state index contributed by atoms with van der Waals surface area (Å²) in [5.74, 6) is -0.192. The minimum atomic E-state index is -0.253. The topological polar surface area (TPSA) is 42.4 Å². The van der Waals surface area contributed by atoms with Crippen LogP contribution in [-0.2, 0) is 16.1 Å². The molecule has 4 nitrogen and oxygen atoms in total. The van der Waals surface area contributed by atoms with Crippen LogP contribution in [0.2, 0.25) is 0 Å². The second-order valence-electron chi connectivity index (χ2n) is 4.11. The summed E-state index contributed by atoms with van der Waals surface area (Å²) in [7, 11) is 1.89. The first-order valence-corrected chi connectivity index (χ1v) is 5.84. The lowest BCUT2D eigenvalue weighted by Crippen LogP contribution is -2.37. The fourth-order valence-electron chi connectivity index (χ4n) is 1.52. The van der Waals surface area contributed by atoms with Gasteiger partial charge in [-0.2, -0.15) is 0 Å². The number of aryl methyl sites for hydroxylation is 1. The fraction of sp³-hybridized carbons (Fsp3) is 0.538. The van der Waals surface area contributed by atoms with Crippen molar-refractivity contribution in [2.24, 2.45) is 0 Å². The number of hydrogen-bond acceptors (Lipinski definition) is 4. The molecule has 0 aromatic carbocycles. The molecular weight excluding hydrogens is 216 g/mol. The molecule has 94 valence electrons. The Bertz CT molecular complexity index is 379. The summed E-state index contributed by atoms with van der Waals surface area (Å²) in [5.41, 5.74) is 1.95. The van der Waals surface area contributed by atoms with Crippen molar-refractivity contribution in [2.75, 3.05) is 13.7 Å². The smallest absolute Gasteiger partial charge is 0.323 e. The van der Waals surface area contributed by atoms with Gasteiger partial charge in [-0.25, -0.2) is 0 Å². The minimum absolute atomic E-state index is 0.192. The second kappa shape index (κ2) is 6.35. The average molecular weight is 236 g/mol. The number of pyridine rings is 1. The normalized spacial score (nSPS) is 12.5. The Labute approximate surface area is 103 Å². The molecule has 0 saturated carbocycles. The Balaban J connectivity index is 2.59. The van der Waals surface area contributed by atoms with Gasteiger partial charge in [0.25, 0.3) is 0 Å². The van der Waals surface area contributed by atoms with E-state index in [0.29, 0.717) is 13.2 Å². The number of nitrogens with zero attached hydrogens (tertiary/aromatic N) is 2.